The van der Waals surface area contributed by atoms with Crippen LogP contribution in [0.2, 0.25) is 0 Å². The molecule has 2 amide bonds. The second-order valence-electron chi connectivity index (χ2n) is 5.17. The van der Waals surface area contributed by atoms with Crippen molar-refractivity contribution in [3.63, 3.8) is 0 Å². The summed E-state index contributed by atoms with van der Waals surface area (Å²) < 4.78 is 0. The Morgan fingerprint density at radius 2 is 2.40 bits per heavy atom. The van der Waals surface area contributed by atoms with E-state index in [2.05, 4.69) is 33.9 Å². The predicted molar refractivity (Wildman–Crippen MR) is 80.7 cm³/mol. The average Bonchev–Trinajstić information content (AvgIpc) is 2.98. The van der Waals surface area contributed by atoms with Crippen LogP contribution in [0.1, 0.15) is 17.5 Å². The van der Waals surface area contributed by atoms with Gasteiger partial charge in [-0.3, -0.25) is 0 Å². The minimum atomic E-state index is -0.438. The van der Waals surface area contributed by atoms with Gasteiger partial charge in [-0.25, -0.2) is 9.78 Å². The van der Waals surface area contributed by atoms with Gasteiger partial charge in [0.25, 0.3) is 0 Å². The molecule has 1 aliphatic rings. The molecule has 0 saturated heterocycles. The number of nitrogens with two attached hydrogens (primary N) is 1. The summed E-state index contributed by atoms with van der Waals surface area (Å²) in [5.74, 6) is 0.473. The number of nitrogens with zero attached hydrogens (tertiary/aromatic N) is 1. The van der Waals surface area contributed by atoms with E-state index in [1.807, 2.05) is 5.51 Å². The van der Waals surface area contributed by atoms with E-state index in [0.717, 1.165) is 25.0 Å². The van der Waals surface area contributed by atoms with Gasteiger partial charge >= 0.3 is 6.03 Å². The fourth-order valence-corrected chi connectivity index (χ4v) is 3.44. The number of aromatic nitrogens is 1. The molecule has 4 nitrogen and oxygen atoms in total. The Morgan fingerprint density at radius 1 is 1.50 bits per heavy atom. The number of benzene rings is 1. The van der Waals surface area contributed by atoms with Crippen LogP contribution in [0.3, 0.4) is 0 Å². The Morgan fingerprint density at radius 3 is 3.15 bits per heavy atom. The Kier molecular flexibility index (Phi) is 3.69. The number of carbonyl (C=O) groups is 1. The van der Waals surface area contributed by atoms with Crippen molar-refractivity contribution in [2.75, 3.05) is 6.54 Å². The normalized spacial score (nSPS) is 17.5. The monoisotopic (exact) mass is 287 g/mol. The lowest BCUT2D eigenvalue weighted by Crippen LogP contribution is -2.35. The molecule has 5 heteroatoms. The molecule has 1 atom stereocenters. The van der Waals surface area contributed by atoms with Crippen molar-refractivity contribution in [2.24, 2.45) is 11.7 Å². The van der Waals surface area contributed by atoms with Crippen LogP contribution in [0.15, 0.2) is 29.1 Å². The largest absolute Gasteiger partial charge is 0.352 e. The molecule has 1 unspecified atom stereocenters. The van der Waals surface area contributed by atoms with Crippen LogP contribution in [-0.2, 0) is 12.8 Å². The van der Waals surface area contributed by atoms with Gasteiger partial charge in [0.1, 0.15) is 0 Å². The Bertz CT molecular complexity index is 610. The highest BCUT2D eigenvalue weighted by molar-refractivity contribution is 7.07. The van der Waals surface area contributed by atoms with Gasteiger partial charge in [-0.1, -0.05) is 18.2 Å². The van der Waals surface area contributed by atoms with Crippen LogP contribution in [0.25, 0.3) is 11.3 Å². The number of nitrogens with one attached hydrogen (secondary N) is 1. The van der Waals surface area contributed by atoms with Crippen LogP contribution in [0.4, 0.5) is 4.79 Å². The molecule has 0 aliphatic heterocycles. The maximum atomic E-state index is 10.8. The summed E-state index contributed by atoms with van der Waals surface area (Å²) in [7, 11) is 0. The van der Waals surface area contributed by atoms with Crippen molar-refractivity contribution < 1.29 is 4.79 Å². The summed E-state index contributed by atoms with van der Waals surface area (Å²) in [5.41, 5.74) is 12.1. The lowest BCUT2D eigenvalue weighted by atomic mass is 9.81. The first-order chi connectivity index (χ1) is 9.74. The van der Waals surface area contributed by atoms with Gasteiger partial charge in [-0.15, -0.1) is 11.3 Å². The van der Waals surface area contributed by atoms with Gasteiger partial charge in [0.15, 0.2) is 0 Å². The smallest absolute Gasteiger partial charge is 0.312 e. The third kappa shape index (κ3) is 2.67. The zero-order valence-corrected chi connectivity index (χ0v) is 12.0. The molecular formula is C15H17N3OS. The highest BCUT2D eigenvalue weighted by Crippen LogP contribution is 2.33. The highest BCUT2D eigenvalue weighted by Gasteiger charge is 2.21. The van der Waals surface area contributed by atoms with Crippen molar-refractivity contribution in [3.8, 4) is 11.3 Å². The lowest BCUT2D eigenvalue weighted by molar-refractivity contribution is 0.246. The van der Waals surface area contributed by atoms with E-state index in [9.17, 15) is 4.79 Å². The van der Waals surface area contributed by atoms with Crippen LogP contribution in [0.5, 0.6) is 0 Å². The molecule has 0 saturated carbocycles. The first-order valence-corrected chi connectivity index (χ1v) is 7.71. The van der Waals surface area contributed by atoms with Gasteiger partial charge in [0.2, 0.25) is 0 Å². The Hall–Kier alpha value is -1.88. The summed E-state index contributed by atoms with van der Waals surface area (Å²) in [5, 5.41) is 4.81. The molecule has 1 heterocycles. The molecule has 1 aromatic carbocycles. The molecule has 1 aromatic heterocycles. The number of urea groups is 1. The predicted octanol–water partition coefficient (Wildman–Crippen LogP) is 2.58. The van der Waals surface area contributed by atoms with Crippen molar-refractivity contribution in [1.82, 2.24) is 10.3 Å². The summed E-state index contributed by atoms with van der Waals surface area (Å²) in [6.45, 7) is 0.662. The molecule has 1 aliphatic carbocycles. The van der Waals surface area contributed by atoms with Gasteiger partial charge in [-0.2, -0.15) is 0 Å². The van der Waals surface area contributed by atoms with E-state index in [4.69, 9.17) is 5.73 Å². The van der Waals surface area contributed by atoms with E-state index in [1.165, 1.54) is 16.7 Å². The third-order valence-corrected chi connectivity index (χ3v) is 4.44. The number of fused-ring (bicyclic) bond motifs is 1. The minimum Gasteiger partial charge on any atom is -0.352 e. The van der Waals surface area contributed by atoms with Crippen LogP contribution < -0.4 is 11.1 Å². The van der Waals surface area contributed by atoms with Crippen molar-refractivity contribution in [1.29, 1.82) is 0 Å². The summed E-state index contributed by atoms with van der Waals surface area (Å²) in [6.07, 6.45) is 3.11. The Labute approximate surface area is 122 Å². The third-order valence-electron chi connectivity index (χ3n) is 3.86. The molecule has 3 N–H and O–H groups in total. The molecule has 2 aromatic rings. The van der Waals surface area contributed by atoms with Gasteiger partial charge in [-0.05, 0) is 36.3 Å². The molecule has 104 valence electrons. The van der Waals surface area contributed by atoms with E-state index in [-0.39, 0.29) is 0 Å². The zero-order chi connectivity index (χ0) is 13.9. The molecular weight excluding hydrogens is 270 g/mol. The van der Waals surface area contributed by atoms with Crippen LogP contribution >= 0.6 is 11.3 Å². The maximum Gasteiger partial charge on any atom is 0.312 e. The molecule has 0 fully saturated rings. The van der Waals surface area contributed by atoms with E-state index in [0.29, 0.717) is 12.5 Å². The van der Waals surface area contributed by atoms with Crippen LogP contribution in [0, 0.1) is 5.92 Å². The number of hydrogen-bond acceptors (Lipinski definition) is 3. The fraction of sp³-hybridized carbons (Fsp3) is 0.333. The lowest BCUT2D eigenvalue weighted by Gasteiger charge is -2.26. The summed E-state index contributed by atoms with van der Waals surface area (Å²) >= 11 is 1.62. The van der Waals surface area contributed by atoms with E-state index < -0.39 is 6.03 Å². The van der Waals surface area contributed by atoms with E-state index >= 15 is 0 Å². The minimum absolute atomic E-state index is 0.438. The molecule has 3 rings (SSSR count). The van der Waals surface area contributed by atoms with Gasteiger partial charge in [0.05, 0.1) is 11.2 Å². The standard InChI is InChI=1S/C15H17N3OS/c16-15(19)17-7-10-4-5-12-11(6-10)2-1-3-13(12)14-8-20-9-18-14/h1-3,8-10H,4-7H2,(H3,16,17,19). The van der Waals surface area contributed by atoms with Crippen molar-refractivity contribution in [2.45, 2.75) is 19.3 Å². The molecule has 0 radical (unpaired) electrons. The number of amides is 2. The van der Waals surface area contributed by atoms with Crippen molar-refractivity contribution >= 4 is 17.4 Å². The molecule has 0 bridgehead atoms. The molecule has 20 heavy (non-hydrogen) atoms. The van der Waals surface area contributed by atoms with Crippen molar-refractivity contribution in [3.05, 3.63) is 40.2 Å². The fourth-order valence-electron chi connectivity index (χ4n) is 2.89. The number of rotatable bonds is 3. The second kappa shape index (κ2) is 5.63. The van der Waals surface area contributed by atoms with E-state index in [1.54, 1.807) is 11.3 Å². The topological polar surface area (TPSA) is 68.0 Å². The SMILES string of the molecule is NC(=O)NCC1CCc2c(cccc2-c2cscn2)C1. The number of thiazole rings is 1. The number of carbonyl (C=O) groups excluding carboxylic acids is 1. The highest BCUT2D eigenvalue weighted by atomic mass is 32.1. The molecule has 0 spiro atoms. The zero-order valence-electron chi connectivity index (χ0n) is 11.1. The number of primary amides is 1. The first kappa shape index (κ1) is 13.1. The summed E-state index contributed by atoms with van der Waals surface area (Å²) in [4.78, 5) is 15.2. The Balaban J connectivity index is 1.81. The maximum absolute atomic E-state index is 10.8. The van der Waals surface area contributed by atoms with Crippen LogP contribution in [-0.4, -0.2) is 17.6 Å². The first-order valence-electron chi connectivity index (χ1n) is 6.76. The second-order valence-corrected chi connectivity index (χ2v) is 5.89. The quantitative estimate of drug-likeness (QED) is 0.911. The van der Waals surface area contributed by atoms with Gasteiger partial charge in [0, 0.05) is 17.5 Å². The number of hydrogen-bond donors (Lipinski definition) is 2. The van der Waals surface area contributed by atoms with Gasteiger partial charge < -0.3 is 11.1 Å². The average molecular weight is 287 g/mol. The summed E-state index contributed by atoms with van der Waals surface area (Å²) in [6, 6.07) is 5.99.